The molecule has 0 aromatic heterocycles. The summed E-state index contributed by atoms with van der Waals surface area (Å²) < 4.78 is 27.9. The van der Waals surface area contributed by atoms with Gasteiger partial charge >= 0.3 is 0 Å². The minimum Gasteiger partial charge on any atom is -0.396 e. The van der Waals surface area contributed by atoms with Crippen LogP contribution in [0.4, 0.5) is 0 Å². The van der Waals surface area contributed by atoms with Crippen molar-refractivity contribution >= 4 is 80.1 Å². The van der Waals surface area contributed by atoms with E-state index in [1.165, 1.54) is 44.9 Å². The molecule has 0 aromatic rings. The topological polar surface area (TPSA) is 320 Å². The Hall–Kier alpha value is -5.24. The lowest BCUT2D eigenvalue weighted by molar-refractivity contribution is -0.154. The Morgan fingerprint density at radius 2 is 0.648 bits per heavy atom. The summed E-state index contributed by atoms with van der Waals surface area (Å²) in [4.78, 5) is 156. The summed E-state index contributed by atoms with van der Waals surface area (Å²) in [6.45, 7) is 41.5. The molecule has 1 N–H and O–H groups in total. The van der Waals surface area contributed by atoms with Gasteiger partial charge in [-0.1, -0.05) is 134 Å². The molecule has 18 aliphatic carbocycles. The highest BCUT2D eigenvalue weighted by Crippen LogP contribution is 2.70. The van der Waals surface area contributed by atoms with E-state index in [2.05, 4.69) is 146 Å². The number of aliphatic hydroxyl groups is 1. The Bertz CT molecular complexity index is 4960. The monoisotopic (exact) mass is 1990 g/mol. The number of allylic oxidation sites excluding steroid dienone is 2. The zero-order valence-electron chi connectivity index (χ0n) is 91.5. The van der Waals surface area contributed by atoms with Crippen molar-refractivity contribution in [3.05, 3.63) is 22.1 Å². The fourth-order valence-electron chi connectivity index (χ4n) is 38.1. The van der Waals surface area contributed by atoms with E-state index >= 15 is 0 Å². The summed E-state index contributed by atoms with van der Waals surface area (Å²) in [6.07, 6.45) is 50.0. The first-order valence-electron chi connectivity index (χ1n) is 58.0. The van der Waals surface area contributed by atoms with Crippen LogP contribution in [0, 0.1) is 202 Å². The van der Waals surface area contributed by atoms with Crippen molar-refractivity contribution in [2.24, 2.45) is 207 Å². The highest BCUT2D eigenvalue weighted by atomic mass is 32.2. The zero-order valence-corrected chi connectivity index (χ0v) is 92.4. The number of rotatable bonds is 15. The molecule has 1 amide bonds. The smallest absolute Gasteiger partial charge is 0.264 e. The van der Waals surface area contributed by atoms with E-state index in [9.17, 15) is 71.1 Å². The van der Waals surface area contributed by atoms with Crippen LogP contribution in [0.5, 0.6) is 0 Å². The number of carbonyl (C=O) groups excluding carboxylic acids is 12. The molecule has 6 unspecified atom stereocenters. The minimum absolute atomic E-state index is 0.0326. The fourth-order valence-corrected chi connectivity index (χ4v) is 38.5. The van der Waals surface area contributed by atoms with Crippen molar-refractivity contribution in [1.82, 2.24) is 4.90 Å². The van der Waals surface area contributed by atoms with Gasteiger partial charge in [0.1, 0.15) is 64.1 Å². The minimum atomic E-state index is -3.48. The van der Waals surface area contributed by atoms with E-state index in [0.717, 1.165) is 236 Å². The summed E-state index contributed by atoms with van der Waals surface area (Å²) in [6, 6.07) is 0. The van der Waals surface area contributed by atoms with Gasteiger partial charge < -0.3 is 14.8 Å². The van der Waals surface area contributed by atoms with E-state index in [-0.39, 0.29) is 102 Å². The molecule has 2 heterocycles. The fraction of sp³-hybridized carbons (Fsp3) is 0.884. The van der Waals surface area contributed by atoms with Crippen molar-refractivity contribution in [2.45, 2.75) is 438 Å². The molecule has 21 heteroatoms. The van der Waals surface area contributed by atoms with Gasteiger partial charge in [-0.15, -0.1) is 0 Å². The predicted molar refractivity (Wildman–Crippen MR) is 555 cm³/mol. The number of ketones is 10. The SMILES string of the molecule is C[C@H]1CC[C@@]2(C)C(=CC[C@@H]3C2CC[C@]2(C)C(=O)CC[C@@H]32)C1.C[C@H]1CC[C@](C)(C2CC[C@]3(C)C(=O)CC[C@H]3[C@@H]2CC=O)C(=O)C1.C[C@H]1CC[C@](C)(C2CC[C@]3(C)C(=O)CC[C@H]3[C@@H]2CCN=[N+]=[N-])C(=O)C1.C[C@H]1CC[C@](C)(C2CC[C@]3(C)C(=O)CC[C@H]3[C@@H]2CCO)C(=O)C1.C[C@H]1CC[C@](C)(C2CC[C@]3(C)C(=O)CC[C@H]3[C@@H]2CCOS(C)(=O)=O)C(=O)C1.C[C@H]1CC[C@]2(C)C3CC[C@]4(C)C(=O)CC[C@H]4[C@@H]3CCN2C(=O)C1. The number of Topliss-reactive ketones (excluding diaryl/α,β-unsaturated/α-hetero) is 10. The second kappa shape index (κ2) is 42.5. The van der Waals surface area contributed by atoms with E-state index in [0.29, 0.717) is 235 Å². The van der Waals surface area contributed by atoms with Crippen LogP contribution in [0.1, 0.15) is 433 Å². The lowest BCUT2D eigenvalue weighted by Crippen LogP contribution is -2.62. The highest BCUT2D eigenvalue weighted by molar-refractivity contribution is 7.86. The van der Waals surface area contributed by atoms with Crippen molar-refractivity contribution in [3.63, 3.8) is 0 Å². The Kier molecular flexibility index (Phi) is 33.2. The number of amides is 1. The average molecular weight is 1990 g/mol. The number of piperidine rings is 1. The van der Waals surface area contributed by atoms with E-state index < -0.39 is 10.1 Å². The van der Waals surface area contributed by atoms with E-state index in [4.69, 9.17) is 9.71 Å². The van der Waals surface area contributed by atoms with E-state index in [1.807, 2.05) is 0 Å². The second-order valence-corrected chi connectivity index (χ2v) is 56.9. The maximum Gasteiger partial charge on any atom is 0.264 e. The second-order valence-electron chi connectivity index (χ2n) is 55.3. The maximum absolute atomic E-state index is 13.0. The van der Waals surface area contributed by atoms with Crippen molar-refractivity contribution in [2.75, 3.05) is 32.6 Å². The van der Waals surface area contributed by atoms with Crippen LogP contribution in [0.25, 0.3) is 10.4 Å². The van der Waals surface area contributed by atoms with Crippen LogP contribution < -0.4 is 0 Å². The van der Waals surface area contributed by atoms with Crippen LogP contribution in [0.15, 0.2) is 16.8 Å². The van der Waals surface area contributed by atoms with Crippen LogP contribution >= 0.6 is 0 Å². The third-order valence-corrected chi connectivity index (χ3v) is 48.2. The summed E-state index contributed by atoms with van der Waals surface area (Å²) >= 11 is 0. The molecular formula is C121H188N4O16S. The van der Waals surface area contributed by atoms with E-state index in [1.54, 1.807) is 5.57 Å². The molecule has 20 nitrogen and oxygen atoms in total. The number of hydrogen-bond donors (Lipinski definition) is 1. The van der Waals surface area contributed by atoms with Crippen molar-refractivity contribution in [3.8, 4) is 0 Å². The van der Waals surface area contributed by atoms with Crippen LogP contribution in [0.3, 0.4) is 0 Å². The molecule has 36 atom stereocenters. The van der Waals surface area contributed by atoms with Gasteiger partial charge in [0.15, 0.2) is 0 Å². The first-order valence-corrected chi connectivity index (χ1v) is 59.8. The number of carbonyl (C=O) groups is 12. The number of nitrogens with zero attached hydrogens (tertiary/aromatic N) is 4. The molecule has 19 fully saturated rings. The molecule has 0 spiro atoms. The van der Waals surface area contributed by atoms with Gasteiger partial charge in [-0.05, 0) is 391 Å². The Balaban J connectivity index is 0.000000129. The highest BCUT2D eigenvalue weighted by Gasteiger charge is 2.67. The summed E-state index contributed by atoms with van der Waals surface area (Å²) in [5.74, 6) is 15.5. The molecule has 142 heavy (non-hydrogen) atoms. The maximum atomic E-state index is 13.0. The molecule has 0 bridgehead atoms. The quantitative estimate of drug-likeness (QED) is 0.0398. The lowest BCUT2D eigenvalue weighted by Gasteiger charge is -2.59. The molecule has 2 saturated heterocycles. The largest absolute Gasteiger partial charge is 0.396 e. The molecule has 794 valence electrons. The predicted octanol–water partition coefficient (Wildman–Crippen LogP) is 25.6. The zero-order chi connectivity index (χ0) is 103. The number of aliphatic hydroxyl groups excluding tert-OH is 1. The molecule has 20 rings (SSSR count). The van der Waals surface area contributed by atoms with Gasteiger partial charge in [0.05, 0.1) is 12.9 Å². The van der Waals surface area contributed by atoms with Gasteiger partial charge in [-0.25, -0.2) is 0 Å². The first kappa shape index (κ1) is 111. The van der Waals surface area contributed by atoms with Crippen molar-refractivity contribution < 1.29 is 75.2 Å². The Morgan fingerprint density at radius 1 is 0.359 bits per heavy atom. The third kappa shape index (κ3) is 20.3. The van der Waals surface area contributed by atoms with Gasteiger partial charge in [0.2, 0.25) is 5.91 Å². The number of hydrogen-bond acceptors (Lipinski definition) is 17. The molecule has 17 saturated carbocycles. The van der Waals surface area contributed by atoms with Crippen molar-refractivity contribution in [1.29, 1.82) is 0 Å². The summed E-state index contributed by atoms with van der Waals surface area (Å²) in [5.41, 5.74) is 8.80. The average Bonchev–Trinajstić information content (AvgIpc) is 1.47. The van der Waals surface area contributed by atoms with Crippen LogP contribution in [-0.4, -0.2) is 127 Å². The third-order valence-electron chi connectivity index (χ3n) is 47.6. The number of azide groups is 1. The van der Waals surface area contributed by atoms with Gasteiger partial charge in [0, 0.05) is 161 Å². The first-order chi connectivity index (χ1) is 66.8. The summed E-state index contributed by atoms with van der Waals surface area (Å²) in [5, 5.41) is 13.4. The Morgan fingerprint density at radius 3 is 1.02 bits per heavy atom. The lowest BCUT2D eigenvalue weighted by atomic mass is 9.47. The van der Waals surface area contributed by atoms with Gasteiger partial charge in [0.25, 0.3) is 10.1 Å². The molecule has 0 radical (unpaired) electrons. The molecule has 0 aromatic carbocycles. The molecule has 2 aliphatic heterocycles. The van der Waals surface area contributed by atoms with Gasteiger partial charge in [-0.3, -0.25) is 56.9 Å². The molecular weight excluding hydrogens is 1800 g/mol. The normalized spacial score (nSPS) is 47.3. The van der Waals surface area contributed by atoms with Crippen LogP contribution in [-0.2, 0) is 71.8 Å². The number of aldehydes is 1. The number of fused-ring (bicyclic) bond motifs is 14. The molecule has 20 aliphatic rings. The standard InChI is InChI=1S/C21H34O5S.C20H31N3O2.C20H31NO2.C20H32O3.C20H30O3.C20H30O/c1-14-7-10-21(3,19(23)13-14)17-8-11-20(2)16(5-6-18(20)22)15(17)9-12-26-27(4,24)25;1-13-6-9-20(3,18(25)12-13)16-7-10-19(2)15(4-5-17(19)24)14(16)8-11-22-23-21;1-13-6-10-20(3)16-7-9-19(2)15(4-5-17(19)22)14(16)8-11-21(20)18(23)12-13;2*1-13-6-9-20(3,18(23)12-13)16-7-10-19(2)15(4-5-17(19)22)14(16)8-11-21;1-13-8-10-19(2)14(12-13)4-5-15-16-6-7-18(21)20(16,3)11-9-17(15)19/h14-17H,5-13H2,1-4H3;13-16H,4-12H2,1-3H3;13-16H,4-12H2,1-3H3;13-16,21H,4-12H2,1-3H3;11,13-16H,4-10,12H2,1-3H3;4,13,15-17H,5-12H2,1-3H3/t14-,15-,16-,17?,20-,21+;4*13-,14-,15-,16?,19-,20+;13-,15-,16-,17?,19-,20-/m000000/s1. The summed E-state index contributed by atoms with van der Waals surface area (Å²) in [7, 11) is -3.48. The van der Waals surface area contributed by atoms with Gasteiger partial charge in [-0.2, -0.15) is 8.42 Å². The van der Waals surface area contributed by atoms with Crippen LogP contribution in [0.2, 0.25) is 0 Å². The Labute approximate surface area is 854 Å².